The van der Waals surface area contributed by atoms with Crippen LogP contribution in [0.25, 0.3) is 0 Å². The summed E-state index contributed by atoms with van der Waals surface area (Å²) in [5.74, 6) is 5.58. The van der Waals surface area contributed by atoms with Crippen molar-refractivity contribution in [3.05, 3.63) is 41.4 Å². The molecule has 0 saturated carbocycles. The Morgan fingerprint density at radius 2 is 1.86 bits per heavy atom. The highest BCUT2D eigenvalue weighted by atomic mass is 35.5. The van der Waals surface area contributed by atoms with Gasteiger partial charge in [0.25, 0.3) is 0 Å². The minimum absolute atomic E-state index is 0.124. The lowest BCUT2D eigenvalue weighted by Crippen LogP contribution is -2.53. The Labute approximate surface area is 169 Å². The van der Waals surface area contributed by atoms with Gasteiger partial charge in [0, 0.05) is 38.7 Å². The maximum atomic E-state index is 12.3. The number of carbonyl (C=O) groups is 3. The second-order valence-corrected chi connectivity index (χ2v) is 6.74. The van der Waals surface area contributed by atoms with E-state index in [0.717, 1.165) is 0 Å². The Morgan fingerprint density at radius 1 is 1.21 bits per heavy atom. The molecular weight excluding hydrogens is 380 g/mol. The monoisotopic (exact) mass is 402 g/mol. The van der Waals surface area contributed by atoms with Crippen molar-refractivity contribution in [2.24, 2.45) is 0 Å². The molecule has 1 fully saturated rings. The van der Waals surface area contributed by atoms with Gasteiger partial charge in [0.1, 0.15) is 0 Å². The average Bonchev–Trinajstić information content (AvgIpc) is 2.67. The van der Waals surface area contributed by atoms with Crippen molar-refractivity contribution in [3.63, 3.8) is 0 Å². The lowest BCUT2D eigenvalue weighted by atomic mass is 10.2. The van der Waals surface area contributed by atoms with Crippen molar-refractivity contribution < 1.29 is 14.4 Å². The quantitative estimate of drug-likeness (QED) is 0.600. The highest BCUT2D eigenvalue weighted by Gasteiger charge is 2.23. The van der Waals surface area contributed by atoms with Crippen molar-refractivity contribution in [1.82, 2.24) is 15.1 Å². The van der Waals surface area contributed by atoms with E-state index in [1.807, 2.05) is 0 Å². The topological polar surface area (TPSA) is 81.8 Å². The van der Waals surface area contributed by atoms with Crippen LogP contribution in [0.1, 0.15) is 19.4 Å². The molecule has 7 nitrogen and oxygen atoms in total. The third kappa shape index (κ3) is 6.03. The van der Waals surface area contributed by atoms with Gasteiger partial charge in [0.15, 0.2) is 0 Å². The van der Waals surface area contributed by atoms with Gasteiger partial charge in [0.2, 0.25) is 11.8 Å². The molecule has 4 amide bonds. The molecule has 0 bridgehead atoms. The van der Waals surface area contributed by atoms with Crippen molar-refractivity contribution in [2.45, 2.75) is 19.9 Å². The minimum Gasteiger partial charge on any atom is -0.336 e. The number of benzene rings is 1. The smallest absolute Gasteiger partial charge is 0.318 e. The van der Waals surface area contributed by atoms with E-state index in [1.165, 1.54) is 13.0 Å². The highest BCUT2D eigenvalue weighted by Crippen LogP contribution is 2.22. The van der Waals surface area contributed by atoms with Crippen LogP contribution >= 0.6 is 11.6 Å². The summed E-state index contributed by atoms with van der Waals surface area (Å²) in [4.78, 5) is 38.4. The number of hydrogen-bond donors (Lipinski definition) is 2. The molecule has 1 atom stereocenters. The lowest BCUT2D eigenvalue weighted by Gasteiger charge is -2.34. The van der Waals surface area contributed by atoms with Crippen molar-refractivity contribution in [2.75, 3.05) is 31.5 Å². The Morgan fingerprint density at radius 3 is 2.46 bits per heavy atom. The van der Waals surface area contributed by atoms with E-state index in [9.17, 15) is 14.4 Å². The minimum atomic E-state index is -0.375. The molecule has 1 saturated heterocycles. The first-order chi connectivity index (χ1) is 13.3. The first kappa shape index (κ1) is 21.3. The van der Waals surface area contributed by atoms with Gasteiger partial charge >= 0.3 is 6.03 Å². The second kappa shape index (κ2) is 9.81. The molecule has 1 aliphatic heterocycles. The van der Waals surface area contributed by atoms with Gasteiger partial charge in [-0.1, -0.05) is 30.0 Å². The molecule has 28 heavy (non-hydrogen) atoms. The molecule has 1 heterocycles. The van der Waals surface area contributed by atoms with Crippen LogP contribution in [0.3, 0.4) is 0 Å². The Kier molecular flexibility index (Phi) is 7.47. The summed E-state index contributed by atoms with van der Waals surface area (Å²) in [6.45, 7) is 8.54. The van der Waals surface area contributed by atoms with E-state index in [0.29, 0.717) is 42.5 Å². The van der Waals surface area contributed by atoms with Crippen molar-refractivity contribution >= 4 is 35.1 Å². The Bertz CT molecular complexity index is 836. The van der Waals surface area contributed by atoms with Crippen LogP contribution in [-0.4, -0.2) is 59.9 Å². The largest absolute Gasteiger partial charge is 0.336 e. The molecule has 0 spiro atoms. The van der Waals surface area contributed by atoms with Gasteiger partial charge in [0.05, 0.1) is 16.8 Å². The molecule has 1 aromatic carbocycles. The van der Waals surface area contributed by atoms with E-state index in [-0.39, 0.29) is 23.9 Å². The average molecular weight is 403 g/mol. The fourth-order valence-electron chi connectivity index (χ4n) is 2.65. The van der Waals surface area contributed by atoms with Crippen LogP contribution in [-0.2, 0) is 9.59 Å². The van der Waals surface area contributed by atoms with Crippen LogP contribution in [0.4, 0.5) is 10.5 Å². The van der Waals surface area contributed by atoms with Crippen LogP contribution in [0, 0.1) is 11.8 Å². The predicted molar refractivity (Wildman–Crippen MR) is 109 cm³/mol. The van der Waals surface area contributed by atoms with E-state index in [1.54, 1.807) is 34.9 Å². The molecule has 148 valence electrons. The predicted octanol–water partition coefficient (Wildman–Crippen LogP) is 2.08. The summed E-state index contributed by atoms with van der Waals surface area (Å²) in [6.07, 6.45) is 1.28. The Hall–Kier alpha value is -2.98. The summed E-state index contributed by atoms with van der Waals surface area (Å²) in [6, 6.07) is 4.48. The normalized spacial score (nSPS) is 14.4. The summed E-state index contributed by atoms with van der Waals surface area (Å²) in [5, 5.41) is 5.90. The summed E-state index contributed by atoms with van der Waals surface area (Å²) in [7, 11) is 0. The first-order valence-corrected chi connectivity index (χ1v) is 9.23. The molecule has 0 radical (unpaired) electrons. The molecule has 8 heteroatoms. The number of anilines is 1. The van der Waals surface area contributed by atoms with Gasteiger partial charge in [-0.3, -0.25) is 9.59 Å². The molecule has 2 N–H and O–H groups in total. The van der Waals surface area contributed by atoms with E-state index >= 15 is 0 Å². The van der Waals surface area contributed by atoms with Crippen LogP contribution in [0.15, 0.2) is 30.9 Å². The van der Waals surface area contributed by atoms with Gasteiger partial charge in [-0.25, -0.2) is 4.79 Å². The Balaban J connectivity index is 1.92. The number of nitrogens with one attached hydrogen (secondary N) is 2. The standard InChI is InChI=1S/C20H23ClN4O3/c1-4-19(27)24-9-11-25(12-10-24)20(28)22-14(2)5-6-16-7-8-17(21)18(13-16)23-15(3)26/h4,7-8,13-14H,1,9-12H2,2-3H3,(H,22,28)(H,23,26). The zero-order chi connectivity index (χ0) is 20.7. The molecule has 0 aromatic heterocycles. The lowest BCUT2D eigenvalue weighted by molar-refractivity contribution is -0.127. The third-order valence-electron chi connectivity index (χ3n) is 4.10. The molecule has 2 rings (SSSR count). The first-order valence-electron chi connectivity index (χ1n) is 8.85. The number of urea groups is 1. The van der Waals surface area contributed by atoms with Gasteiger partial charge in [-0.2, -0.15) is 0 Å². The number of nitrogens with zero attached hydrogens (tertiary/aromatic N) is 2. The van der Waals surface area contributed by atoms with Crippen LogP contribution < -0.4 is 10.6 Å². The number of halogens is 1. The highest BCUT2D eigenvalue weighted by molar-refractivity contribution is 6.33. The maximum absolute atomic E-state index is 12.3. The summed E-state index contributed by atoms with van der Waals surface area (Å²) >= 11 is 6.04. The number of carbonyl (C=O) groups excluding carboxylic acids is 3. The van der Waals surface area contributed by atoms with Crippen LogP contribution in [0.5, 0.6) is 0 Å². The van der Waals surface area contributed by atoms with Crippen molar-refractivity contribution in [1.29, 1.82) is 0 Å². The van der Waals surface area contributed by atoms with Gasteiger partial charge in [-0.15, -0.1) is 0 Å². The zero-order valence-electron chi connectivity index (χ0n) is 15.9. The molecule has 1 aromatic rings. The van der Waals surface area contributed by atoms with Gasteiger partial charge in [-0.05, 0) is 31.2 Å². The SMILES string of the molecule is C=CC(=O)N1CCN(C(=O)NC(C)C#Cc2ccc(Cl)c(NC(C)=O)c2)CC1. The second-order valence-electron chi connectivity index (χ2n) is 6.33. The van der Waals surface area contributed by atoms with E-state index in [4.69, 9.17) is 11.6 Å². The number of amides is 4. The number of hydrogen-bond acceptors (Lipinski definition) is 3. The number of piperazine rings is 1. The van der Waals surface area contributed by atoms with E-state index < -0.39 is 0 Å². The molecule has 1 unspecified atom stereocenters. The molecule has 0 aliphatic carbocycles. The van der Waals surface area contributed by atoms with Gasteiger partial charge < -0.3 is 20.4 Å². The van der Waals surface area contributed by atoms with E-state index in [2.05, 4.69) is 29.1 Å². The third-order valence-corrected chi connectivity index (χ3v) is 4.43. The van der Waals surface area contributed by atoms with Crippen molar-refractivity contribution in [3.8, 4) is 11.8 Å². The summed E-state index contributed by atoms with van der Waals surface area (Å²) < 4.78 is 0. The molecule has 1 aliphatic rings. The zero-order valence-corrected chi connectivity index (χ0v) is 16.7. The fourth-order valence-corrected chi connectivity index (χ4v) is 2.82. The molecular formula is C20H23ClN4O3. The van der Waals surface area contributed by atoms with Crippen LogP contribution in [0.2, 0.25) is 5.02 Å². The fraction of sp³-hybridized carbons (Fsp3) is 0.350. The number of rotatable bonds is 3. The maximum Gasteiger partial charge on any atom is 0.318 e. The summed E-state index contributed by atoms with van der Waals surface area (Å²) in [5.41, 5.74) is 1.16.